The maximum atomic E-state index is 4.71. The van der Waals surface area contributed by atoms with Gasteiger partial charge in [-0.25, -0.2) is 0 Å². The van der Waals surface area contributed by atoms with Gasteiger partial charge in [0.05, 0.1) is 5.69 Å². The van der Waals surface area contributed by atoms with Crippen molar-refractivity contribution in [2.45, 2.75) is 58.8 Å². The standard InChI is InChI=1S/C18H33N3/c1-5-6-15-7-8-16(13-19-12-14(2)3)17(11-15)18-9-10-21(4)20-18/h9-10,14-17,19H,5-8,11-13H2,1-4H3. The normalized spacial score (nSPS) is 26.4. The summed E-state index contributed by atoms with van der Waals surface area (Å²) in [4.78, 5) is 0. The van der Waals surface area contributed by atoms with Crippen LogP contribution in [0.1, 0.15) is 64.5 Å². The van der Waals surface area contributed by atoms with Gasteiger partial charge in [-0.15, -0.1) is 0 Å². The van der Waals surface area contributed by atoms with Crippen molar-refractivity contribution < 1.29 is 0 Å². The summed E-state index contributed by atoms with van der Waals surface area (Å²) in [5, 5.41) is 8.38. The Balaban J connectivity index is 2.00. The molecule has 2 rings (SSSR count). The lowest BCUT2D eigenvalue weighted by Crippen LogP contribution is -2.33. The minimum Gasteiger partial charge on any atom is -0.316 e. The Morgan fingerprint density at radius 3 is 2.81 bits per heavy atom. The van der Waals surface area contributed by atoms with Crippen molar-refractivity contribution in [1.82, 2.24) is 15.1 Å². The monoisotopic (exact) mass is 291 g/mol. The van der Waals surface area contributed by atoms with Gasteiger partial charge in [0, 0.05) is 19.2 Å². The molecule has 1 aromatic heterocycles. The summed E-state index contributed by atoms with van der Waals surface area (Å²) in [6, 6.07) is 2.23. The lowest BCUT2D eigenvalue weighted by Gasteiger charge is -2.35. The van der Waals surface area contributed by atoms with E-state index in [1.807, 2.05) is 11.7 Å². The van der Waals surface area contributed by atoms with E-state index in [9.17, 15) is 0 Å². The topological polar surface area (TPSA) is 29.9 Å². The number of nitrogens with one attached hydrogen (secondary N) is 1. The fourth-order valence-corrected chi connectivity index (χ4v) is 3.79. The van der Waals surface area contributed by atoms with Crippen molar-refractivity contribution in [1.29, 1.82) is 0 Å². The fraction of sp³-hybridized carbons (Fsp3) is 0.833. The number of nitrogens with zero attached hydrogens (tertiary/aromatic N) is 2. The van der Waals surface area contributed by atoms with Crippen molar-refractivity contribution in [3.8, 4) is 0 Å². The summed E-state index contributed by atoms with van der Waals surface area (Å²) >= 11 is 0. The highest BCUT2D eigenvalue weighted by Gasteiger charge is 2.32. The lowest BCUT2D eigenvalue weighted by atomic mass is 9.71. The number of rotatable bonds is 7. The van der Waals surface area contributed by atoms with Crippen LogP contribution in [0.15, 0.2) is 12.3 Å². The van der Waals surface area contributed by atoms with Crippen molar-refractivity contribution >= 4 is 0 Å². The Kier molecular flexibility index (Phi) is 6.28. The van der Waals surface area contributed by atoms with E-state index in [1.165, 1.54) is 37.8 Å². The zero-order chi connectivity index (χ0) is 15.2. The SMILES string of the molecule is CCCC1CCC(CNCC(C)C)C(c2ccn(C)n2)C1. The van der Waals surface area contributed by atoms with Crippen molar-refractivity contribution in [2.24, 2.45) is 24.8 Å². The number of aromatic nitrogens is 2. The van der Waals surface area contributed by atoms with Gasteiger partial charge < -0.3 is 5.32 Å². The largest absolute Gasteiger partial charge is 0.316 e. The second-order valence-electron chi connectivity index (χ2n) is 7.30. The van der Waals surface area contributed by atoms with Gasteiger partial charge in [-0.3, -0.25) is 4.68 Å². The Morgan fingerprint density at radius 2 is 2.19 bits per heavy atom. The van der Waals surface area contributed by atoms with Crippen LogP contribution in [-0.2, 0) is 7.05 Å². The Bertz CT molecular complexity index is 410. The Labute approximate surface area is 130 Å². The lowest BCUT2D eigenvalue weighted by molar-refractivity contribution is 0.215. The van der Waals surface area contributed by atoms with Crippen LogP contribution >= 0.6 is 0 Å². The van der Waals surface area contributed by atoms with Crippen LogP contribution in [0, 0.1) is 17.8 Å². The molecule has 1 fully saturated rings. The van der Waals surface area contributed by atoms with E-state index in [1.54, 1.807) is 0 Å². The van der Waals surface area contributed by atoms with E-state index in [2.05, 4.69) is 38.4 Å². The molecule has 1 aromatic rings. The average Bonchev–Trinajstić information content (AvgIpc) is 2.86. The molecule has 1 aliphatic rings. The van der Waals surface area contributed by atoms with Crippen molar-refractivity contribution in [3.63, 3.8) is 0 Å². The van der Waals surface area contributed by atoms with Gasteiger partial charge in [0.15, 0.2) is 0 Å². The van der Waals surface area contributed by atoms with Crippen LogP contribution in [0.2, 0.25) is 0 Å². The summed E-state index contributed by atoms with van der Waals surface area (Å²) in [6.45, 7) is 9.15. The molecule has 0 radical (unpaired) electrons. The molecular formula is C18H33N3. The summed E-state index contributed by atoms with van der Waals surface area (Å²) in [5.41, 5.74) is 1.31. The van der Waals surface area contributed by atoms with Gasteiger partial charge in [0.2, 0.25) is 0 Å². The first-order chi connectivity index (χ1) is 10.1. The third kappa shape index (κ3) is 4.84. The summed E-state index contributed by atoms with van der Waals surface area (Å²) < 4.78 is 1.96. The van der Waals surface area contributed by atoms with Gasteiger partial charge in [-0.05, 0) is 49.8 Å². The molecule has 0 amide bonds. The van der Waals surface area contributed by atoms with Crippen LogP contribution < -0.4 is 5.32 Å². The number of hydrogen-bond donors (Lipinski definition) is 1. The molecule has 120 valence electrons. The van der Waals surface area contributed by atoms with E-state index in [0.717, 1.165) is 30.8 Å². The maximum Gasteiger partial charge on any atom is 0.0658 e. The zero-order valence-corrected chi connectivity index (χ0v) is 14.3. The highest BCUT2D eigenvalue weighted by molar-refractivity contribution is 5.10. The smallest absolute Gasteiger partial charge is 0.0658 e. The first-order valence-electron chi connectivity index (χ1n) is 8.80. The predicted octanol–water partition coefficient (Wildman–Crippen LogP) is 3.97. The second kappa shape index (κ2) is 7.98. The molecule has 0 aromatic carbocycles. The van der Waals surface area contributed by atoms with Crippen LogP contribution in [-0.4, -0.2) is 22.9 Å². The van der Waals surface area contributed by atoms with E-state index >= 15 is 0 Å². The van der Waals surface area contributed by atoms with Crippen molar-refractivity contribution in [3.05, 3.63) is 18.0 Å². The summed E-state index contributed by atoms with van der Waals surface area (Å²) in [5.74, 6) is 3.04. The molecule has 0 saturated heterocycles. The molecular weight excluding hydrogens is 258 g/mol. The predicted molar refractivity (Wildman–Crippen MR) is 89.4 cm³/mol. The molecule has 0 spiro atoms. The van der Waals surface area contributed by atoms with Gasteiger partial charge in [0.25, 0.3) is 0 Å². The fourth-order valence-electron chi connectivity index (χ4n) is 3.79. The Hall–Kier alpha value is -0.830. The van der Waals surface area contributed by atoms with E-state index in [0.29, 0.717) is 5.92 Å². The summed E-state index contributed by atoms with van der Waals surface area (Å²) in [6.07, 6.45) is 8.89. The molecule has 1 N–H and O–H groups in total. The van der Waals surface area contributed by atoms with Gasteiger partial charge in [-0.1, -0.05) is 40.0 Å². The molecule has 3 unspecified atom stereocenters. The van der Waals surface area contributed by atoms with Crippen molar-refractivity contribution in [2.75, 3.05) is 13.1 Å². The third-order valence-corrected chi connectivity index (χ3v) is 4.87. The minimum atomic E-state index is 0.649. The molecule has 3 nitrogen and oxygen atoms in total. The maximum absolute atomic E-state index is 4.71. The highest BCUT2D eigenvalue weighted by atomic mass is 15.2. The van der Waals surface area contributed by atoms with E-state index < -0.39 is 0 Å². The van der Waals surface area contributed by atoms with Gasteiger partial charge >= 0.3 is 0 Å². The van der Waals surface area contributed by atoms with E-state index in [-0.39, 0.29) is 0 Å². The van der Waals surface area contributed by atoms with Crippen LogP contribution in [0.5, 0.6) is 0 Å². The molecule has 3 heteroatoms. The molecule has 0 bridgehead atoms. The molecule has 21 heavy (non-hydrogen) atoms. The molecule has 0 aliphatic heterocycles. The van der Waals surface area contributed by atoms with E-state index in [4.69, 9.17) is 5.10 Å². The highest BCUT2D eigenvalue weighted by Crippen LogP contribution is 2.41. The average molecular weight is 291 g/mol. The number of aryl methyl sites for hydroxylation is 1. The zero-order valence-electron chi connectivity index (χ0n) is 14.3. The first kappa shape index (κ1) is 16.5. The first-order valence-corrected chi connectivity index (χ1v) is 8.80. The number of hydrogen-bond acceptors (Lipinski definition) is 2. The third-order valence-electron chi connectivity index (χ3n) is 4.87. The minimum absolute atomic E-state index is 0.649. The molecule has 1 saturated carbocycles. The molecule has 3 atom stereocenters. The quantitative estimate of drug-likeness (QED) is 0.824. The Morgan fingerprint density at radius 1 is 1.38 bits per heavy atom. The molecule has 1 heterocycles. The van der Waals surface area contributed by atoms with Gasteiger partial charge in [-0.2, -0.15) is 5.10 Å². The van der Waals surface area contributed by atoms with Gasteiger partial charge in [0.1, 0.15) is 0 Å². The van der Waals surface area contributed by atoms with Crippen LogP contribution in [0.3, 0.4) is 0 Å². The molecule has 1 aliphatic carbocycles. The van der Waals surface area contributed by atoms with Crippen LogP contribution in [0.25, 0.3) is 0 Å². The second-order valence-corrected chi connectivity index (χ2v) is 7.30. The van der Waals surface area contributed by atoms with Crippen LogP contribution in [0.4, 0.5) is 0 Å². The summed E-state index contributed by atoms with van der Waals surface area (Å²) in [7, 11) is 2.03.